The van der Waals surface area contributed by atoms with Crippen LogP contribution in [0.15, 0.2) is 218 Å². The second-order valence-electron chi connectivity index (χ2n) is 15.4. The number of carbonyl (C=O) groups excluding carboxylic acids is 2. The average Bonchev–Trinajstić information content (AvgIpc) is 3.36. The van der Waals surface area contributed by atoms with E-state index in [1.165, 1.54) is 5.56 Å². The number of rotatable bonds is 11. The highest BCUT2D eigenvalue weighted by Crippen LogP contribution is 2.30. The number of esters is 2. The van der Waals surface area contributed by atoms with E-state index >= 15 is 0 Å². The summed E-state index contributed by atoms with van der Waals surface area (Å²) in [6, 6.07) is 65.0. The molecule has 12 nitrogen and oxygen atoms in total. The first kappa shape index (κ1) is 47.3. The van der Waals surface area contributed by atoms with Crippen molar-refractivity contribution in [3.63, 3.8) is 0 Å². The van der Waals surface area contributed by atoms with Crippen LogP contribution in [0, 0.1) is 6.92 Å². The zero-order valence-electron chi connectivity index (χ0n) is 37.5. The summed E-state index contributed by atoms with van der Waals surface area (Å²) in [4.78, 5) is 24.1. The van der Waals surface area contributed by atoms with Crippen LogP contribution in [-0.4, -0.2) is 11.9 Å². The van der Waals surface area contributed by atoms with E-state index in [9.17, 15) is 9.59 Å². The molecular formula is C57H49N5O7. The van der Waals surface area contributed by atoms with Crippen LogP contribution in [0.25, 0.3) is 11.1 Å². The molecule has 0 aromatic heterocycles. The van der Waals surface area contributed by atoms with Crippen molar-refractivity contribution in [3.8, 4) is 57.1 Å². The molecule has 0 unspecified atom stereocenters. The van der Waals surface area contributed by atoms with Crippen LogP contribution in [0.3, 0.4) is 0 Å². The van der Waals surface area contributed by atoms with Gasteiger partial charge in [0, 0.05) is 28.4 Å². The molecule has 0 radical (unpaired) electrons. The Kier molecular flexibility index (Phi) is 15.7. The van der Waals surface area contributed by atoms with Gasteiger partial charge in [0.1, 0.15) is 46.0 Å². The third kappa shape index (κ3) is 14.7. The number of carbonyl (C=O) groups is 2. The van der Waals surface area contributed by atoms with Crippen LogP contribution in [0.5, 0.6) is 46.0 Å². The summed E-state index contributed by atoms with van der Waals surface area (Å²) in [6.45, 7) is 2.06. The Bertz CT molecular complexity index is 2830. The highest BCUT2D eigenvalue weighted by atomic mass is 16.5. The molecule has 0 aliphatic heterocycles. The Balaban J connectivity index is 0.000000160. The van der Waals surface area contributed by atoms with Gasteiger partial charge in [0.05, 0.1) is 11.1 Å². The molecule has 0 aliphatic rings. The smallest absolute Gasteiger partial charge is 0.343 e. The van der Waals surface area contributed by atoms with Gasteiger partial charge in [-0.1, -0.05) is 42.0 Å². The molecule has 9 aromatic rings. The number of nitrogens with two attached hydrogens (primary N) is 5. The first-order chi connectivity index (χ1) is 33.4. The third-order valence-corrected chi connectivity index (χ3v) is 9.95. The van der Waals surface area contributed by atoms with Gasteiger partial charge in [0.15, 0.2) is 0 Å². The zero-order chi connectivity index (χ0) is 48.5. The highest BCUT2D eigenvalue weighted by Gasteiger charge is 2.11. The molecule has 0 aliphatic carbocycles. The largest absolute Gasteiger partial charge is 0.457 e. The topological polar surface area (TPSA) is 210 Å². The molecule has 0 heterocycles. The fourth-order valence-electron chi connectivity index (χ4n) is 6.20. The second-order valence-corrected chi connectivity index (χ2v) is 15.4. The summed E-state index contributed by atoms with van der Waals surface area (Å²) in [5.74, 6) is 4.38. The van der Waals surface area contributed by atoms with Gasteiger partial charge in [0.25, 0.3) is 0 Å². The van der Waals surface area contributed by atoms with E-state index in [4.69, 9.17) is 52.4 Å². The molecule has 9 rings (SSSR count). The Morgan fingerprint density at radius 3 is 0.739 bits per heavy atom. The Morgan fingerprint density at radius 1 is 0.275 bits per heavy atom. The molecular weight excluding hydrogens is 867 g/mol. The van der Waals surface area contributed by atoms with Crippen molar-refractivity contribution in [2.24, 2.45) is 0 Å². The summed E-state index contributed by atoms with van der Waals surface area (Å²) >= 11 is 0. The maximum absolute atomic E-state index is 12.0. The minimum absolute atomic E-state index is 0.333. The predicted octanol–water partition coefficient (Wildman–Crippen LogP) is 12.8. The lowest BCUT2D eigenvalue weighted by Gasteiger charge is -2.09. The molecule has 0 fully saturated rings. The quantitative estimate of drug-likeness (QED) is 0.0466. The number of benzene rings is 9. The van der Waals surface area contributed by atoms with Crippen LogP contribution in [0.2, 0.25) is 0 Å². The molecule has 0 bridgehead atoms. The molecule has 0 atom stereocenters. The van der Waals surface area contributed by atoms with E-state index in [0.717, 1.165) is 62.7 Å². The van der Waals surface area contributed by atoms with E-state index in [1.54, 1.807) is 97.1 Å². The Hall–Kier alpha value is -9.68. The van der Waals surface area contributed by atoms with E-state index in [-0.39, 0.29) is 0 Å². The van der Waals surface area contributed by atoms with Gasteiger partial charge in [-0.15, -0.1) is 0 Å². The molecule has 9 aromatic carbocycles. The first-order valence-electron chi connectivity index (χ1n) is 21.5. The minimum atomic E-state index is -0.503. The van der Waals surface area contributed by atoms with Crippen molar-refractivity contribution in [1.29, 1.82) is 0 Å². The summed E-state index contributed by atoms with van der Waals surface area (Å²) < 4.78 is 27.8. The third-order valence-electron chi connectivity index (χ3n) is 9.95. The molecule has 344 valence electrons. The van der Waals surface area contributed by atoms with E-state index in [2.05, 4.69) is 19.1 Å². The van der Waals surface area contributed by atoms with Crippen molar-refractivity contribution in [1.82, 2.24) is 0 Å². The molecule has 0 saturated heterocycles. The number of hydrogen-bond donors (Lipinski definition) is 5. The molecule has 0 spiro atoms. The van der Waals surface area contributed by atoms with Gasteiger partial charge < -0.3 is 52.4 Å². The molecule has 10 N–H and O–H groups in total. The van der Waals surface area contributed by atoms with Crippen molar-refractivity contribution >= 4 is 40.4 Å². The normalized spacial score (nSPS) is 10.2. The lowest BCUT2D eigenvalue weighted by molar-refractivity contribution is 0.0719. The van der Waals surface area contributed by atoms with Gasteiger partial charge >= 0.3 is 11.9 Å². The molecule has 69 heavy (non-hydrogen) atoms. The second kappa shape index (κ2) is 23.0. The fraction of sp³-hybridized carbons (Fsp3) is 0.0175. The summed E-state index contributed by atoms with van der Waals surface area (Å²) in [5.41, 5.74) is 35.5. The summed E-state index contributed by atoms with van der Waals surface area (Å²) in [6.07, 6.45) is 0. The number of nitrogen functional groups attached to an aromatic ring is 5. The van der Waals surface area contributed by atoms with Gasteiger partial charge in [0.2, 0.25) is 0 Å². The first-order valence-corrected chi connectivity index (χ1v) is 21.5. The van der Waals surface area contributed by atoms with E-state index in [0.29, 0.717) is 34.0 Å². The highest BCUT2D eigenvalue weighted by molar-refractivity contribution is 5.92. The number of anilines is 5. The summed E-state index contributed by atoms with van der Waals surface area (Å²) in [7, 11) is 0. The number of ether oxygens (including phenoxy) is 5. The average molecular weight is 916 g/mol. The van der Waals surface area contributed by atoms with Crippen LogP contribution < -0.4 is 52.4 Å². The molecule has 12 heteroatoms. The Labute approximate surface area is 400 Å². The SMILES string of the molecule is Cc1ccc(Oc2ccc(-c3ccc(Oc4ccc(N)cc4)cc3)cc2)cc1.Nc1ccc(C(=O)Oc2ccc(OC(=O)c3ccc(N)cc3)cc2)cc1.Nc1ccc(Oc2ccc(N)cc2)cc1. The van der Waals surface area contributed by atoms with Crippen molar-refractivity contribution in [3.05, 3.63) is 235 Å². The van der Waals surface area contributed by atoms with E-state index in [1.807, 2.05) is 109 Å². The number of aryl methyl sites for hydroxylation is 1. The molecule has 0 amide bonds. The summed E-state index contributed by atoms with van der Waals surface area (Å²) in [5, 5.41) is 0. The number of hydrogen-bond acceptors (Lipinski definition) is 12. The zero-order valence-corrected chi connectivity index (χ0v) is 37.5. The van der Waals surface area contributed by atoms with Crippen molar-refractivity contribution in [2.75, 3.05) is 28.7 Å². The van der Waals surface area contributed by atoms with Crippen molar-refractivity contribution < 1.29 is 33.3 Å². The lowest BCUT2D eigenvalue weighted by atomic mass is 10.1. The maximum Gasteiger partial charge on any atom is 0.343 e. The van der Waals surface area contributed by atoms with Crippen molar-refractivity contribution in [2.45, 2.75) is 6.92 Å². The minimum Gasteiger partial charge on any atom is -0.457 e. The fourth-order valence-corrected chi connectivity index (χ4v) is 6.20. The molecule has 0 saturated carbocycles. The van der Waals surface area contributed by atoms with Gasteiger partial charge in [-0.2, -0.15) is 0 Å². The maximum atomic E-state index is 12.0. The standard InChI is InChI=1S/C25H21NO2.C20H16N2O4.C12H12N2O/c1-18-2-10-22(11-3-18)27-23-12-4-19(5-13-23)20-6-14-24(15-7-20)28-25-16-8-21(26)9-17-25;21-15-5-1-13(2-6-15)19(23)25-17-9-11-18(12-10-17)26-20(24)14-3-7-16(22)8-4-14;13-9-1-5-11(6-2-9)15-12-7-3-10(14)4-8-12/h2-17H,26H2,1H3;1-12H,21-22H2;1-8H,13-14H2. The monoisotopic (exact) mass is 915 g/mol. The van der Waals surface area contributed by atoms with Crippen LogP contribution in [0.4, 0.5) is 28.4 Å². The van der Waals surface area contributed by atoms with Crippen LogP contribution in [-0.2, 0) is 0 Å². The van der Waals surface area contributed by atoms with E-state index < -0.39 is 11.9 Å². The van der Waals surface area contributed by atoms with Crippen LogP contribution in [0.1, 0.15) is 26.3 Å². The Morgan fingerprint density at radius 2 is 0.478 bits per heavy atom. The van der Waals surface area contributed by atoms with Gasteiger partial charge in [-0.3, -0.25) is 0 Å². The lowest BCUT2D eigenvalue weighted by Crippen LogP contribution is -2.09. The van der Waals surface area contributed by atoms with Gasteiger partial charge in [-0.25, -0.2) is 9.59 Å². The predicted molar refractivity (Wildman–Crippen MR) is 274 cm³/mol. The van der Waals surface area contributed by atoms with Crippen LogP contribution >= 0.6 is 0 Å². The van der Waals surface area contributed by atoms with Gasteiger partial charge in [-0.05, 0) is 200 Å².